The third-order valence-corrected chi connectivity index (χ3v) is 9.42. The molecule has 0 aromatic carbocycles. The number of nitrogens with zero attached hydrogens (tertiary/aromatic N) is 2. The van der Waals surface area contributed by atoms with Crippen molar-refractivity contribution in [2.75, 3.05) is 41.3 Å². The fourth-order valence-corrected chi connectivity index (χ4v) is 6.31. The normalized spacial score (nSPS) is 11.5. The molecular formula is C42H92N2O4S. The molecule has 0 spiro atoms. The minimum atomic E-state index is -4.67. The van der Waals surface area contributed by atoms with Crippen LogP contribution in [-0.2, 0) is 10.4 Å². The van der Waals surface area contributed by atoms with E-state index in [1.165, 1.54) is 231 Å². The standard InChI is InChI=1S/2C21H45N.H2O4S/c2*1-4-5-6-7-8-9-10-11-12-13-14-15-16-17-18-19-20-21-22(2)3;1-5(2,3)4/h2*4-21H2,1-3H3;(H2,1,2,3,4). The zero-order chi connectivity index (χ0) is 37.1. The molecule has 0 saturated heterocycles. The van der Waals surface area contributed by atoms with Crippen molar-refractivity contribution >= 4 is 10.4 Å². The summed E-state index contributed by atoms with van der Waals surface area (Å²) in [5.74, 6) is 0. The predicted octanol–water partition coefficient (Wildman–Crippen LogP) is 13.7. The molecule has 0 heterocycles. The molecule has 0 fully saturated rings. The van der Waals surface area contributed by atoms with E-state index >= 15 is 0 Å². The summed E-state index contributed by atoms with van der Waals surface area (Å²) in [5, 5.41) is 0. The smallest absolute Gasteiger partial charge is 0.309 e. The van der Waals surface area contributed by atoms with Crippen molar-refractivity contribution in [2.24, 2.45) is 0 Å². The van der Waals surface area contributed by atoms with Crippen molar-refractivity contribution in [1.82, 2.24) is 9.80 Å². The van der Waals surface area contributed by atoms with Gasteiger partial charge in [-0.1, -0.05) is 219 Å². The lowest BCUT2D eigenvalue weighted by molar-refractivity contribution is 0.381. The predicted molar refractivity (Wildman–Crippen MR) is 220 cm³/mol. The van der Waals surface area contributed by atoms with Crippen LogP contribution in [0.2, 0.25) is 0 Å². The van der Waals surface area contributed by atoms with Crippen LogP contribution in [0.3, 0.4) is 0 Å². The van der Waals surface area contributed by atoms with Gasteiger partial charge in [-0.3, -0.25) is 9.11 Å². The van der Waals surface area contributed by atoms with E-state index in [4.69, 9.17) is 17.5 Å². The lowest BCUT2D eigenvalue weighted by Gasteiger charge is -2.08. The number of unbranched alkanes of at least 4 members (excludes halogenated alkanes) is 32. The quantitative estimate of drug-likeness (QED) is 0.0495. The first-order chi connectivity index (χ1) is 23.5. The van der Waals surface area contributed by atoms with Gasteiger partial charge in [0.15, 0.2) is 0 Å². The monoisotopic (exact) mass is 721 g/mol. The second kappa shape index (κ2) is 45.8. The van der Waals surface area contributed by atoms with Crippen molar-refractivity contribution in [3.63, 3.8) is 0 Å². The summed E-state index contributed by atoms with van der Waals surface area (Å²) in [6, 6.07) is 0. The minimum Gasteiger partial charge on any atom is -0.309 e. The van der Waals surface area contributed by atoms with Crippen LogP contribution in [0.5, 0.6) is 0 Å². The molecule has 0 bridgehead atoms. The van der Waals surface area contributed by atoms with Gasteiger partial charge in [0, 0.05) is 0 Å². The molecule has 0 saturated carbocycles. The van der Waals surface area contributed by atoms with E-state index in [2.05, 4.69) is 51.8 Å². The third-order valence-electron chi connectivity index (χ3n) is 9.42. The summed E-state index contributed by atoms with van der Waals surface area (Å²) >= 11 is 0. The van der Waals surface area contributed by atoms with Crippen LogP contribution in [0.25, 0.3) is 0 Å². The maximum Gasteiger partial charge on any atom is 0.394 e. The van der Waals surface area contributed by atoms with Crippen molar-refractivity contribution < 1.29 is 17.5 Å². The molecule has 300 valence electrons. The lowest BCUT2D eigenvalue weighted by atomic mass is 10.0. The molecule has 0 aliphatic carbocycles. The SMILES string of the molecule is CCCCCCCCCCCCCCCCCCCN(C)C.CCCCCCCCCCCCCCCCCCCN(C)C.O=S(=O)(O)O. The van der Waals surface area contributed by atoms with Gasteiger partial charge in [-0.2, -0.15) is 8.42 Å². The molecule has 6 nitrogen and oxygen atoms in total. The Morgan fingerprint density at radius 3 is 0.551 bits per heavy atom. The lowest BCUT2D eigenvalue weighted by Crippen LogP contribution is -2.12. The summed E-state index contributed by atoms with van der Waals surface area (Å²) in [6.07, 6.45) is 49.6. The highest BCUT2D eigenvalue weighted by Gasteiger charge is 1.97. The molecule has 7 heteroatoms. The fraction of sp³-hybridized carbons (Fsp3) is 1.00. The molecule has 0 radical (unpaired) electrons. The third kappa shape index (κ3) is 70.2. The second-order valence-corrected chi connectivity index (χ2v) is 16.3. The molecule has 0 aromatic heterocycles. The summed E-state index contributed by atoms with van der Waals surface area (Å²) in [4.78, 5) is 4.59. The van der Waals surface area contributed by atoms with Gasteiger partial charge in [-0.05, 0) is 54.1 Å². The zero-order valence-electron chi connectivity index (χ0n) is 34.5. The Balaban J connectivity index is -0.000000757. The number of hydrogen-bond donors (Lipinski definition) is 2. The number of hydrogen-bond acceptors (Lipinski definition) is 4. The Labute approximate surface area is 310 Å². The van der Waals surface area contributed by atoms with Gasteiger partial charge in [0.05, 0.1) is 0 Å². The van der Waals surface area contributed by atoms with Crippen LogP contribution in [-0.4, -0.2) is 68.6 Å². The Morgan fingerprint density at radius 1 is 0.306 bits per heavy atom. The van der Waals surface area contributed by atoms with E-state index in [1.807, 2.05) is 0 Å². The molecule has 2 N–H and O–H groups in total. The fourth-order valence-electron chi connectivity index (χ4n) is 6.31. The highest BCUT2D eigenvalue weighted by atomic mass is 32.3. The highest BCUT2D eigenvalue weighted by molar-refractivity contribution is 7.79. The maximum atomic E-state index is 8.74. The van der Waals surface area contributed by atoms with Crippen molar-refractivity contribution in [2.45, 2.75) is 232 Å². The molecule has 0 aliphatic rings. The van der Waals surface area contributed by atoms with Crippen LogP contribution in [0, 0.1) is 0 Å². The Kier molecular flexibility index (Phi) is 49.7. The van der Waals surface area contributed by atoms with Gasteiger partial charge >= 0.3 is 10.4 Å². The van der Waals surface area contributed by atoms with Crippen LogP contribution in [0.15, 0.2) is 0 Å². The zero-order valence-corrected chi connectivity index (χ0v) is 35.3. The molecule has 0 amide bonds. The van der Waals surface area contributed by atoms with E-state index < -0.39 is 10.4 Å². The first kappa shape index (κ1) is 53.1. The molecule has 0 rings (SSSR count). The van der Waals surface area contributed by atoms with Crippen LogP contribution in [0.4, 0.5) is 0 Å². The van der Waals surface area contributed by atoms with Gasteiger partial charge in [0.2, 0.25) is 0 Å². The minimum absolute atomic E-state index is 1.26. The molecule has 0 aromatic rings. The van der Waals surface area contributed by atoms with E-state index in [1.54, 1.807) is 0 Å². The van der Waals surface area contributed by atoms with Crippen LogP contribution < -0.4 is 0 Å². The molecule has 0 atom stereocenters. The molecule has 0 unspecified atom stereocenters. The van der Waals surface area contributed by atoms with Crippen molar-refractivity contribution in [3.05, 3.63) is 0 Å². The molecular weight excluding hydrogens is 629 g/mol. The van der Waals surface area contributed by atoms with E-state index in [0.717, 1.165) is 0 Å². The van der Waals surface area contributed by atoms with Crippen molar-refractivity contribution in [1.29, 1.82) is 0 Å². The van der Waals surface area contributed by atoms with Crippen molar-refractivity contribution in [3.8, 4) is 0 Å². The molecule has 49 heavy (non-hydrogen) atoms. The largest absolute Gasteiger partial charge is 0.394 e. The summed E-state index contributed by atoms with van der Waals surface area (Å²) < 4.78 is 31.6. The van der Waals surface area contributed by atoms with Gasteiger partial charge in [-0.15, -0.1) is 0 Å². The van der Waals surface area contributed by atoms with Gasteiger partial charge < -0.3 is 9.80 Å². The van der Waals surface area contributed by atoms with Crippen LogP contribution >= 0.6 is 0 Å². The summed E-state index contributed by atoms with van der Waals surface area (Å²) in [7, 11) is 4.03. The number of rotatable bonds is 36. The highest BCUT2D eigenvalue weighted by Crippen LogP contribution is 2.15. The van der Waals surface area contributed by atoms with Gasteiger partial charge in [0.25, 0.3) is 0 Å². The average Bonchev–Trinajstić information content (AvgIpc) is 3.03. The topological polar surface area (TPSA) is 81.1 Å². The summed E-state index contributed by atoms with van der Waals surface area (Å²) in [5.41, 5.74) is 0. The summed E-state index contributed by atoms with van der Waals surface area (Å²) in [6.45, 7) is 7.12. The van der Waals surface area contributed by atoms with Crippen LogP contribution in [0.1, 0.15) is 232 Å². The second-order valence-electron chi connectivity index (χ2n) is 15.4. The van der Waals surface area contributed by atoms with Gasteiger partial charge in [-0.25, -0.2) is 0 Å². The Hall–Kier alpha value is -0.210. The first-order valence-electron chi connectivity index (χ1n) is 21.5. The Bertz CT molecular complexity index is 624. The Morgan fingerprint density at radius 2 is 0.429 bits per heavy atom. The molecule has 0 aliphatic heterocycles. The maximum absolute atomic E-state index is 8.74. The van der Waals surface area contributed by atoms with E-state index in [0.29, 0.717) is 0 Å². The van der Waals surface area contributed by atoms with E-state index in [9.17, 15) is 0 Å². The first-order valence-corrected chi connectivity index (χ1v) is 22.9. The van der Waals surface area contributed by atoms with Gasteiger partial charge in [0.1, 0.15) is 0 Å². The average molecular weight is 721 g/mol. The van der Waals surface area contributed by atoms with E-state index in [-0.39, 0.29) is 0 Å².